The third kappa shape index (κ3) is 3.68. The molecule has 0 saturated heterocycles. The van der Waals surface area contributed by atoms with Crippen LogP contribution in [0.4, 0.5) is 0 Å². The summed E-state index contributed by atoms with van der Waals surface area (Å²) in [6.45, 7) is 1.78. The zero-order valence-electron chi connectivity index (χ0n) is 14.0. The van der Waals surface area contributed by atoms with Crippen LogP contribution >= 0.6 is 23.2 Å². The number of nitriles is 1. The normalized spacial score (nSPS) is 10.1. The van der Waals surface area contributed by atoms with Gasteiger partial charge in [0.05, 0.1) is 27.8 Å². The van der Waals surface area contributed by atoms with Gasteiger partial charge in [0, 0.05) is 17.3 Å². The molecule has 0 spiro atoms. The molecule has 0 fully saturated rings. The Bertz CT molecular complexity index is 1150. The molecule has 2 aromatic heterocycles. The van der Waals surface area contributed by atoms with Crippen molar-refractivity contribution in [1.29, 1.82) is 5.26 Å². The largest absolute Gasteiger partial charge is 0.493 e. The molecule has 134 valence electrons. The van der Waals surface area contributed by atoms with Gasteiger partial charge in [-0.1, -0.05) is 29.1 Å². The number of aromatic nitrogens is 3. The minimum absolute atomic E-state index is 0.0327. The van der Waals surface area contributed by atoms with Crippen molar-refractivity contribution in [3.05, 3.63) is 67.7 Å². The molecule has 0 aliphatic carbocycles. The van der Waals surface area contributed by atoms with Crippen LogP contribution in [0.3, 0.4) is 0 Å². The minimum Gasteiger partial charge on any atom is -0.493 e. The van der Waals surface area contributed by atoms with Gasteiger partial charge in [0.25, 0.3) is 5.56 Å². The number of aromatic hydroxyl groups is 1. The zero-order valence-corrected chi connectivity index (χ0v) is 15.6. The van der Waals surface area contributed by atoms with Gasteiger partial charge in [0.15, 0.2) is 0 Å². The predicted molar refractivity (Wildman–Crippen MR) is 103 cm³/mol. The Kier molecular flexibility index (Phi) is 5.23. The number of benzene rings is 1. The van der Waals surface area contributed by atoms with E-state index in [0.717, 1.165) is 0 Å². The Hall–Kier alpha value is -3.19. The molecule has 8 heteroatoms. The van der Waals surface area contributed by atoms with Gasteiger partial charge in [-0.15, -0.1) is 5.92 Å². The van der Waals surface area contributed by atoms with E-state index in [1.165, 1.54) is 10.9 Å². The fourth-order valence-corrected chi connectivity index (χ4v) is 3.26. The predicted octanol–water partition coefficient (Wildman–Crippen LogP) is 3.54. The highest BCUT2D eigenvalue weighted by Gasteiger charge is 2.22. The second-order valence-corrected chi connectivity index (χ2v) is 6.38. The van der Waals surface area contributed by atoms with Crippen molar-refractivity contribution in [2.24, 2.45) is 0 Å². The third-order valence-electron chi connectivity index (χ3n) is 3.78. The number of hydrogen-bond donors (Lipinski definition) is 2. The Morgan fingerprint density at radius 2 is 1.93 bits per heavy atom. The molecule has 0 saturated carbocycles. The average Bonchev–Trinajstić information content (AvgIpc) is 2.90. The Morgan fingerprint density at radius 1 is 1.22 bits per heavy atom. The number of nitrogens with zero attached hydrogens (tertiary/aromatic N) is 3. The summed E-state index contributed by atoms with van der Waals surface area (Å²) in [4.78, 5) is 16.5. The standard InChI is InChI=1S/C19H12Cl2N4O2/c1-2-3-11-6-14(20)16(15(21)7-11)17-18(26)24-25(19(17)27)10-13-5-4-12(8-22)9-23-13/h4-7,9,27H,10H2,1H3,(H,24,26). The fourth-order valence-electron chi connectivity index (χ4n) is 2.58. The highest BCUT2D eigenvalue weighted by molar-refractivity contribution is 6.39. The first-order chi connectivity index (χ1) is 12.9. The molecule has 2 N–H and O–H groups in total. The number of hydrogen-bond acceptors (Lipinski definition) is 4. The lowest BCUT2D eigenvalue weighted by molar-refractivity contribution is 0.409. The molecule has 0 unspecified atom stereocenters. The summed E-state index contributed by atoms with van der Waals surface area (Å²) in [5.74, 6) is 5.27. The molecule has 2 heterocycles. The van der Waals surface area contributed by atoms with Crippen LogP contribution in [0.2, 0.25) is 10.0 Å². The summed E-state index contributed by atoms with van der Waals surface area (Å²) in [5.41, 5.74) is 1.22. The van der Waals surface area contributed by atoms with Crippen molar-refractivity contribution in [3.63, 3.8) is 0 Å². The molecule has 1 aromatic carbocycles. The summed E-state index contributed by atoms with van der Waals surface area (Å²) in [6, 6.07) is 8.37. The van der Waals surface area contributed by atoms with Crippen LogP contribution in [0.15, 0.2) is 35.3 Å². The van der Waals surface area contributed by atoms with Gasteiger partial charge in [-0.25, -0.2) is 4.68 Å². The van der Waals surface area contributed by atoms with E-state index in [9.17, 15) is 9.90 Å². The van der Waals surface area contributed by atoms with Crippen LogP contribution in [-0.4, -0.2) is 19.9 Å². The van der Waals surface area contributed by atoms with E-state index in [0.29, 0.717) is 16.8 Å². The Balaban J connectivity index is 2.05. The lowest BCUT2D eigenvalue weighted by Gasteiger charge is -2.08. The van der Waals surface area contributed by atoms with E-state index in [1.54, 1.807) is 31.2 Å². The molecule has 0 bridgehead atoms. The second kappa shape index (κ2) is 7.59. The number of aromatic amines is 1. The van der Waals surface area contributed by atoms with Crippen molar-refractivity contribution < 1.29 is 5.11 Å². The van der Waals surface area contributed by atoms with Crippen molar-refractivity contribution in [2.45, 2.75) is 13.5 Å². The fraction of sp³-hybridized carbons (Fsp3) is 0.105. The first-order valence-electron chi connectivity index (χ1n) is 7.73. The van der Waals surface area contributed by atoms with E-state index in [1.807, 2.05) is 6.07 Å². The molecule has 3 aromatic rings. The molecule has 0 aliphatic heterocycles. The molecule has 0 aliphatic rings. The van der Waals surface area contributed by atoms with Gasteiger partial charge in [-0.05, 0) is 31.2 Å². The lowest BCUT2D eigenvalue weighted by atomic mass is 10.1. The van der Waals surface area contributed by atoms with Crippen LogP contribution < -0.4 is 5.56 Å². The average molecular weight is 399 g/mol. The summed E-state index contributed by atoms with van der Waals surface area (Å²) in [6.07, 6.45) is 1.41. The van der Waals surface area contributed by atoms with Crippen LogP contribution in [0, 0.1) is 23.2 Å². The van der Waals surface area contributed by atoms with Gasteiger partial charge in [0.2, 0.25) is 5.88 Å². The summed E-state index contributed by atoms with van der Waals surface area (Å²) >= 11 is 12.6. The number of pyridine rings is 1. The van der Waals surface area contributed by atoms with Crippen LogP contribution in [0.1, 0.15) is 23.7 Å². The van der Waals surface area contributed by atoms with Crippen LogP contribution in [0.25, 0.3) is 11.1 Å². The first-order valence-corrected chi connectivity index (χ1v) is 8.49. The molecule has 0 radical (unpaired) electrons. The molecule has 0 atom stereocenters. The molecule has 27 heavy (non-hydrogen) atoms. The summed E-state index contributed by atoms with van der Waals surface area (Å²) < 4.78 is 1.23. The van der Waals surface area contributed by atoms with Crippen molar-refractivity contribution in [2.75, 3.05) is 0 Å². The summed E-state index contributed by atoms with van der Waals surface area (Å²) in [7, 11) is 0. The molecule has 3 rings (SSSR count). The van der Waals surface area contributed by atoms with E-state index in [-0.39, 0.29) is 33.6 Å². The van der Waals surface area contributed by atoms with Gasteiger partial charge in [-0.2, -0.15) is 5.26 Å². The first kappa shape index (κ1) is 18.6. The topological polar surface area (TPSA) is 94.7 Å². The maximum Gasteiger partial charge on any atom is 0.276 e. The van der Waals surface area contributed by atoms with Gasteiger partial charge >= 0.3 is 0 Å². The van der Waals surface area contributed by atoms with E-state index >= 15 is 0 Å². The van der Waals surface area contributed by atoms with E-state index in [2.05, 4.69) is 21.9 Å². The van der Waals surface area contributed by atoms with Crippen molar-refractivity contribution >= 4 is 23.2 Å². The SMILES string of the molecule is CC#Cc1cc(Cl)c(-c2c(O)n(Cc3ccc(C#N)cn3)[nH]c2=O)c(Cl)c1. The molecular weight excluding hydrogens is 387 g/mol. The highest BCUT2D eigenvalue weighted by Crippen LogP contribution is 2.38. The smallest absolute Gasteiger partial charge is 0.276 e. The highest BCUT2D eigenvalue weighted by atomic mass is 35.5. The van der Waals surface area contributed by atoms with E-state index < -0.39 is 5.56 Å². The Morgan fingerprint density at radius 3 is 2.48 bits per heavy atom. The second-order valence-electron chi connectivity index (χ2n) is 5.57. The van der Waals surface area contributed by atoms with Gasteiger partial charge < -0.3 is 5.11 Å². The van der Waals surface area contributed by atoms with Crippen LogP contribution in [0.5, 0.6) is 5.88 Å². The maximum absolute atomic E-state index is 12.4. The minimum atomic E-state index is -0.542. The van der Waals surface area contributed by atoms with Gasteiger partial charge in [0.1, 0.15) is 11.6 Å². The molecule has 6 nitrogen and oxygen atoms in total. The van der Waals surface area contributed by atoms with E-state index in [4.69, 9.17) is 28.5 Å². The van der Waals surface area contributed by atoms with Crippen molar-refractivity contribution in [3.8, 4) is 34.9 Å². The van der Waals surface area contributed by atoms with Crippen molar-refractivity contribution in [1.82, 2.24) is 14.8 Å². The number of H-pyrrole nitrogens is 1. The lowest BCUT2D eigenvalue weighted by Crippen LogP contribution is -2.08. The van der Waals surface area contributed by atoms with Crippen LogP contribution in [-0.2, 0) is 6.54 Å². The maximum atomic E-state index is 12.4. The number of nitrogens with one attached hydrogen (secondary N) is 1. The number of rotatable bonds is 3. The number of halogens is 2. The monoisotopic (exact) mass is 398 g/mol. The quantitative estimate of drug-likeness (QED) is 0.659. The summed E-state index contributed by atoms with van der Waals surface area (Å²) in [5, 5.41) is 22.3. The Labute approximate surface area is 164 Å². The third-order valence-corrected chi connectivity index (χ3v) is 4.37. The zero-order chi connectivity index (χ0) is 19.6. The molecule has 0 amide bonds. The molecular formula is C19H12Cl2N4O2. The van der Waals surface area contributed by atoms with Gasteiger partial charge in [-0.3, -0.25) is 14.9 Å².